The van der Waals surface area contributed by atoms with Gasteiger partial charge >= 0.3 is 5.97 Å². The molecule has 1 N–H and O–H groups in total. The normalized spacial score (nSPS) is 20.5. The van der Waals surface area contributed by atoms with Crippen LogP contribution in [0, 0.1) is 11.8 Å². The molecule has 0 heterocycles. The number of allylic oxidation sites excluding steroid dienone is 4. The van der Waals surface area contributed by atoms with Gasteiger partial charge in [0.15, 0.2) is 0 Å². The maximum atomic E-state index is 12.2. The Morgan fingerprint density at radius 1 is 1.11 bits per heavy atom. The van der Waals surface area contributed by atoms with Gasteiger partial charge in [-0.1, -0.05) is 38.8 Å². The third-order valence-corrected chi connectivity index (χ3v) is 5.21. The van der Waals surface area contributed by atoms with Crippen LogP contribution in [0.15, 0.2) is 24.0 Å². The fourth-order valence-electron chi connectivity index (χ4n) is 3.54. The van der Waals surface area contributed by atoms with Gasteiger partial charge in [-0.15, -0.1) is 0 Å². The Morgan fingerprint density at radius 2 is 1.93 bits per heavy atom. The van der Waals surface area contributed by atoms with Crippen LogP contribution in [0.2, 0.25) is 0 Å². The third-order valence-electron chi connectivity index (χ3n) is 5.21. The van der Waals surface area contributed by atoms with E-state index in [4.69, 9.17) is 4.74 Å². The maximum absolute atomic E-state index is 12.2. The average Bonchev–Trinajstić information content (AvgIpc) is 3.01. The van der Waals surface area contributed by atoms with E-state index in [1.807, 2.05) is 13.0 Å². The van der Waals surface area contributed by atoms with Gasteiger partial charge in [-0.25, -0.2) is 0 Å². The first-order valence-electron chi connectivity index (χ1n) is 10.8. The van der Waals surface area contributed by atoms with E-state index in [1.165, 1.54) is 0 Å². The van der Waals surface area contributed by atoms with Crippen LogP contribution in [-0.4, -0.2) is 23.5 Å². The molecule has 0 amide bonds. The lowest BCUT2D eigenvalue weighted by atomic mass is 9.89. The first-order chi connectivity index (χ1) is 13.1. The van der Waals surface area contributed by atoms with Crippen LogP contribution in [0.1, 0.15) is 90.9 Å². The summed E-state index contributed by atoms with van der Waals surface area (Å²) in [5.74, 6) is 1.13. The van der Waals surface area contributed by atoms with Gasteiger partial charge in [0.25, 0.3) is 0 Å². The van der Waals surface area contributed by atoms with Crippen LogP contribution >= 0.6 is 0 Å². The summed E-state index contributed by atoms with van der Waals surface area (Å²) in [6, 6.07) is 0. The zero-order valence-corrected chi connectivity index (χ0v) is 17.3. The lowest BCUT2D eigenvalue weighted by molar-refractivity contribution is -0.143. The second kappa shape index (κ2) is 14.5. The molecular weight excluding hydrogens is 340 g/mol. The maximum Gasteiger partial charge on any atom is 0.305 e. The molecule has 0 aromatic heterocycles. The van der Waals surface area contributed by atoms with Crippen molar-refractivity contribution in [3.63, 3.8) is 0 Å². The molecule has 27 heavy (non-hydrogen) atoms. The number of aliphatic hydroxyl groups is 1. The fourth-order valence-corrected chi connectivity index (χ4v) is 3.54. The van der Waals surface area contributed by atoms with Gasteiger partial charge in [-0.3, -0.25) is 9.59 Å². The topological polar surface area (TPSA) is 63.6 Å². The van der Waals surface area contributed by atoms with Crippen molar-refractivity contribution in [2.75, 3.05) is 6.61 Å². The highest BCUT2D eigenvalue weighted by atomic mass is 16.5. The number of rotatable bonds is 14. The molecule has 4 nitrogen and oxygen atoms in total. The zero-order valence-electron chi connectivity index (χ0n) is 17.3. The van der Waals surface area contributed by atoms with Gasteiger partial charge in [0, 0.05) is 25.2 Å². The van der Waals surface area contributed by atoms with E-state index < -0.39 is 0 Å². The summed E-state index contributed by atoms with van der Waals surface area (Å²) in [6.45, 7) is 4.64. The quantitative estimate of drug-likeness (QED) is 0.173. The molecule has 0 unspecified atom stereocenters. The van der Waals surface area contributed by atoms with Crippen LogP contribution in [0.4, 0.5) is 0 Å². The molecule has 0 saturated heterocycles. The van der Waals surface area contributed by atoms with Crippen molar-refractivity contribution in [3.05, 3.63) is 24.0 Å². The molecule has 0 aromatic rings. The van der Waals surface area contributed by atoms with E-state index in [2.05, 4.69) is 19.1 Å². The molecule has 0 radical (unpaired) electrons. The Bertz CT molecular complexity index is 493. The molecule has 0 aromatic carbocycles. The lowest BCUT2D eigenvalue weighted by Gasteiger charge is -2.15. The van der Waals surface area contributed by atoms with E-state index in [0.29, 0.717) is 36.9 Å². The predicted octanol–water partition coefficient (Wildman–Crippen LogP) is 6.06. The van der Waals surface area contributed by atoms with Gasteiger partial charge in [-0.2, -0.15) is 0 Å². The highest BCUT2D eigenvalue weighted by molar-refractivity contribution is 5.83. The number of unbranched alkanes of at least 4 members (excludes halogenated alkanes) is 3. The van der Waals surface area contributed by atoms with Crippen molar-refractivity contribution in [2.45, 2.75) is 90.9 Å². The van der Waals surface area contributed by atoms with Crippen LogP contribution in [-0.2, 0) is 14.3 Å². The molecule has 0 spiro atoms. The molecule has 1 aliphatic carbocycles. The van der Waals surface area contributed by atoms with Crippen molar-refractivity contribution < 1.29 is 19.4 Å². The lowest BCUT2D eigenvalue weighted by Crippen LogP contribution is -2.13. The average molecular weight is 379 g/mol. The molecular formula is C23H38O4. The summed E-state index contributed by atoms with van der Waals surface area (Å²) >= 11 is 0. The number of carbonyl (C=O) groups is 2. The van der Waals surface area contributed by atoms with Gasteiger partial charge in [-0.05, 0) is 56.9 Å². The summed E-state index contributed by atoms with van der Waals surface area (Å²) in [5.41, 5.74) is 0. The van der Waals surface area contributed by atoms with E-state index >= 15 is 0 Å². The van der Waals surface area contributed by atoms with Gasteiger partial charge in [0.05, 0.1) is 12.4 Å². The number of hydrogen-bond acceptors (Lipinski definition) is 4. The Kier molecular flexibility index (Phi) is 12.6. The van der Waals surface area contributed by atoms with E-state index in [0.717, 1.165) is 64.2 Å². The monoisotopic (exact) mass is 378 g/mol. The Morgan fingerprint density at radius 3 is 2.67 bits per heavy atom. The number of aliphatic hydroxyl groups excluding tert-OH is 1. The highest BCUT2D eigenvalue weighted by Crippen LogP contribution is 2.34. The zero-order chi connectivity index (χ0) is 19.9. The van der Waals surface area contributed by atoms with Crippen LogP contribution in [0.25, 0.3) is 0 Å². The Balaban J connectivity index is 2.29. The molecule has 1 saturated carbocycles. The van der Waals surface area contributed by atoms with E-state index in [-0.39, 0.29) is 11.9 Å². The number of esters is 1. The first kappa shape index (κ1) is 23.5. The molecule has 1 fully saturated rings. The van der Waals surface area contributed by atoms with Crippen molar-refractivity contribution in [1.82, 2.24) is 0 Å². The van der Waals surface area contributed by atoms with Crippen molar-refractivity contribution in [1.29, 1.82) is 0 Å². The number of hydrogen-bond donors (Lipinski definition) is 1. The Hall–Kier alpha value is -1.58. The number of ketones is 1. The highest BCUT2D eigenvalue weighted by Gasteiger charge is 2.32. The van der Waals surface area contributed by atoms with Gasteiger partial charge in [0.2, 0.25) is 0 Å². The summed E-state index contributed by atoms with van der Waals surface area (Å²) in [7, 11) is 0. The van der Waals surface area contributed by atoms with E-state index in [9.17, 15) is 14.7 Å². The van der Waals surface area contributed by atoms with Crippen LogP contribution in [0.3, 0.4) is 0 Å². The Labute approximate surface area is 165 Å². The smallest absolute Gasteiger partial charge is 0.305 e. The second-order valence-corrected chi connectivity index (χ2v) is 7.58. The molecule has 2 atom stereocenters. The van der Waals surface area contributed by atoms with Crippen LogP contribution < -0.4 is 0 Å². The summed E-state index contributed by atoms with van der Waals surface area (Å²) in [5, 5.41) is 9.98. The summed E-state index contributed by atoms with van der Waals surface area (Å²) < 4.78 is 5.05. The molecule has 4 heteroatoms. The van der Waals surface area contributed by atoms with Gasteiger partial charge in [0.1, 0.15) is 5.78 Å². The SMILES string of the molecule is CCCCC/C(O)=C/C[C@H]1CCC(=O)[C@@H]1C/C=C\CCCC(=O)OCCC. The predicted molar refractivity (Wildman–Crippen MR) is 110 cm³/mol. The van der Waals surface area contributed by atoms with E-state index in [1.54, 1.807) is 0 Å². The summed E-state index contributed by atoms with van der Waals surface area (Å²) in [6.07, 6.45) is 16.3. The fraction of sp³-hybridized carbons (Fsp3) is 0.739. The number of carbonyl (C=O) groups excluding carboxylic acids is 2. The standard InChI is InChI=1S/C23H38O4/c1-3-5-8-11-20(24)16-14-19-15-17-22(25)21(19)12-9-6-7-10-13-23(26)27-18-4-2/h6,9,16,19,21,24H,3-5,7-8,10-15,17-18H2,1-2H3/b9-6-,20-16-/t19-,21+/m0/s1. The summed E-state index contributed by atoms with van der Waals surface area (Å²) in [4.78, 5) is 23.6. The molecule has 0 bridgehead atoms. The van der Waals surface area contributed by atoms with Crippen molar-refractivity contribution in [3.8, 4) is 0 Å². The molecule has 154 valence electrons. The number of Topliss-reactive ketones (excluding diaryl/α,β-unsaturated/α-hetero) is 1. The third kappa shape index (κ3) is 10.4. The molecule has 1 rings (SSSR count). The van der Waals surface area contributed by atoms with Crippen LogP contribution in [0.5, 0.6) is 0 Å². The minimum absolute atomic E-state index is 0.0791. The van der Waals surface area contributed by atoms with Gasteiger partial charge < -0.3 is 9.84 Å². The van der Waals surface area contributed by atoms with Crippen molar-refractivity contribution >= 4 is 11.8 Å². The first-order valence-corrected chi connectivity index (χ1v) is 10.8. The number of ether oxygens (including phenoxy) is 1. The largest absolute Gasteiger partial charge is 0.513 e. The second-order valence-electron chi connectivity index (χ2n) is 7.58. The minimum Gasteiger partial charge on any atom is -0.513 e. The van der Waals surface area contributed by atoms with Crippen molar-refractivity contribution in [2.24, 2.45) is 11.8 Å². The molecule has 1 aliphatic rings. The molecule has 0 aliphatic heterocycles. The minimum atomic E-state index is -0.123.